The Morgan fingerprint density at radius 1 is 1.03 bits per heavy atom. The number of piperidine rings is 1. The highest BCUT2D eigenvalue weighted by Gasteiger charge is 2.46. The molecular weight excluding hydrogens is 409 g/mol. The molecule has 6 nitrogen and oxygen atoms in total. The van der Waals surface area contributed by atoms with E-state index in [1.807, 2.05) is 13.1 Å². The van der Waals surface area contributed by atoms with Crippen molar-refractivity contribution in [2.45, 2.75) is 19.8 Å². The third-order valence-electron chi connectivity index (χ3n) is 5.77. The zero-order valence-electron chi connectivity index (χ0n) is 16.1. The molecule has 0 radical (unpaired) electrons. The van der Waals surface area contributed by atoms with Crippen molar-refractivity contribution in [1.82, 2.24) is 15.1 Å². The zero-order chi connectivity index (χ0) is 20.0. The van der Waals surface area contributed by atoms with E-state index in [0.29, 0.717) is 21.9 Å². The predicted octanol–water partition coefficient (Wildman–Crippen LogP) is 4.85. The molecule has 2 aliphatic heterocycles. The number of benzene rings is 1. The quantitative estimate of drug-likeness (QED) is 0.592. The first-order valence-electron chi connectivity index (χ1n) is 9.73. The Labute approximate surface area is 179 Å². The van der Waals surface area contributed by atoms with Crippen LogP contribution in [-0.2, 0) is 0 Å². The van der Waals surface area contributed by atoms with Crippen molar-refractivity contribution in [3.63, 3.8) is 0 Å². The number of hydrogen-bond donors (Lipinski definition) is 0. The molecule has 2 aliphatic rings. The van der Waals surface area contributed by atoms with Crippen LogP contribution in [0, 0.1) is 12.3 Å². The molecule has 0 aliphatic carbocycles. The minimum atomic E-state index is 0.267. The van der Waals surface area contributed by atoms with Crippen LogP contribution in [0.15, 0.2) is 41.1 Å². The molecule has 0 atom stereocenters. The minimum absolute atomic E-state index is 0.267. The summed E-state index contributed by atoms with van der Waals surface area (Å²) in [6.07, 6.45) is 4.21. The van der Waals surface area contributed by atoms with Crippen molar-refractivity contribution in [3.05, 3.63) is 52.3 Å². The standard InChI is InChI=1S/C21H21Cl2N5O/c1-14-7-18(3-5-24-14)28-12-21(13-28)4-2-6-27(11-21)20-25-19(26-29-20)15-8-16(22)10-17(23)9-15/h3,5,7-10H,2,4,6,11-13H2,1H3. The number of aryl methyl sites for hydroxylation is 1. The Hall–Kier alpha value is -2.31. The lowest BCUT2D eigenvalue weighted by atomic mass is 9.73. The highest BCUT2D eigenvalue weighted by molar-refractivity contribution is 6.35. The predicted molar refractivity (Wildman–Crippen MR) is 115 cm³/mol. The zero-order valence-corrected chi connectivity index (χ0v) is 17.6. The van der Waals surface area contributed by atoms with E-state index in [-0.39, 0.29) is 5.41 Å². The minimum Gasteiger partial charge on any atom is -0.370 e. The Kier molecular flexibility index (Phi) is 4.63. The van der Waals surface area contributed by atoms with Gasteiger partial charge in [0, 0.05) is 64.8 Å². The van der Waals surface area contributed by atoms with E-state index in [4.69, 9.17) is 27.7 Å². The summed E-state index contributed by atoms with van der Waals surface area (Å²) in [5, 5.41) is 5.25. The first-order chi connectivity index (χ1) is 14.0. The Morgan fingerprint density at radius 3 is 2.55 bits per heavy atom. The SMILES string of the molecule is Cc1cc(N2CC3(CCCN(c4nc(-c5cc(Cl)cc(Cl)c5)no4)C3)C2)ccn1. The lowest BCUT2D eigenvalue weighted by molar-refractivity contribution is 0.169. The number of pyridine rings is 1. The van der Waals surface area contributed by atoms with Gasteiger partial charge in [-0.2, -0.15) is 4.98 Å². The third-order valence-corrected chi connectivity index (χ3v) is 6.20. The maximum absolute atomic E-state index is 6.10. The van der Waals surface area contributed by atoms with E-state index in [0.717, 1.165) is 43.9 Å². The monoisotopic (exact) mass is 429 g/mol. The summed E-state index contributed by atoms with van der Waals surface area (Å²) in [7, 11) is 0. The average Bonchev–Trinajstić information content (AvgIpc) is 3.16. The van der Waals surface area contributed by atoms with Crippen LogP contribution in [0.4, 0.5) is 11.7 Å². The molecular formula is C21H21Cl2N5O. The number of halogens is 2. The van der Waals surface area contributed by atoms with Gasteiger partial charge in [0.15, 0.2) is 0 Å². The van der Waals surface area contributed by atoms with E-state index < -0.39 is 0 Å². The molecule has 4 heterocycles. The van der Waals surface area contributed by atoms with Gasteiger partial charge >= 0.3 is 6.01 Å². The van der Waals surface area contributed by atoms with Gasteiger partial charge in [-0.15, -0.1) is 0 Å². The highest BCUT2D eigenvalue weighted by Crippen LogP contribution is 2.42. The van der Waals surface area contributed by atoms with Crippen LogP contribution >= 0.6 is 23.2 Å². The lowest BCUT2D eigenvalue weighted by Gasteiger charge is -2.55. The highest BCUT2D eigenvalue weighted by atomic mass is 35.5. The van der Waals surface area contributed by atoms with Gasteiger partial charge in [0.05, 0.1) is 0 Å². The fourth-order valence-electron chi connectivity index (χ4n) is 4.45. The molecule has 29 heavy (non-hydrogen) atoms. The molecule has 2 aromatic heterocycles. The van der Waals surface area contributed by atoms with Gasteiger partial charge < -0.3 is 14.3 Å². The van der Waals surface area contributed by atoms with Crippen molar-refractivity contribution in [2.24, 2.45) is 5.41 Å². The summed E-state index contributed by atoms with van der Waals surface area (Å²) in [5.74, 6) is 0.506. The fraction of sp³-hybridized carbons (Fsp3) is 0.381. The molecule has 0 bridgehead atoms. The smallest absolute Gasteiger partial charge is 0.324 e. The summed E-state index contributed by atoms with van der Waals surface area (Å²) >= 11 is 12.2. The van der Waals surface area contributed by atoms with Crippen molar-refractivity contribution in [1.29, 1.82) is 0 Å². The first-order valence-corrected chi connectivity index (χ1v) is 10.5. The van der Waals surface area contributed by atoms with Gasteiger partial charge in [0.2, 0.25) is 5.82 Å². The summed E-state index contributed by atoms with van der Waals surface area (Å²) in [4.78, 5) is 13.5. The van der Waals surface area contributed by atoms with Crippen LogP contribution in [-0.4, -0.2) is 41.3 Å². The van der Waals surface area contributed by atoms with Gasteiger partial charge in [-0.05, 0) is 50.1 Å². The molecule has 3 aromatic rings. The summed E-state index contributed by atoms with van der Waals surface area (Å²) < 4.78 is 5.58. The van der Waals surface area contributed by atoms with Crippen LogP contribution in [0.1, 0.15) is 18.5 Å². The molecule has 150 valence electrons. The summed E-state index contributed by atoms with van der Waals surface area (Å²) in [5.41, 5.74) is 3.32. The Bertz CT molecular complexity index is 1030. The number of anilines is 2. The number of rotatable bonds is 3. The van der Waals surface area contributed by atoms with Crippen molar-refractivity contribution in [2.75, 3.05) is 36.0 Å². The second-order valence-electron chi connectivity index (χ2n) is 8.10. The van der Waals surface area contributed by atoms with Crippen molar-refractivity contribution >= 4 is 34.9 Å². The molecule has 5 rings (SSSR count). The second kappa shape index (κ2) is 7.18. The molecule has 0 N–H and O–H groups in total. The van der Waals surface area contributed by atoms with Crippen molar-refractivity contribution in [3.8, 4) is 11.4 Å². The fourth-order valence-corrected chi connectivity index (χ4v) is 4.97. The maximum Gasteiger partial charge on any atom is 0.324 e. The van der Waals surface area contributed by atoms with Crippen LogP contribution in [0.3, 0.4) is 0 Å². The van der Waals surface area contributed by atoms with E-state index >= 15 is 0 Å². The van der Waals surface area contributed by atoms with Crippen LogP contribution in [0.25, 0.3) is 11.4 Å². The van der Waals surface area contributed by atoms with Crippen LogP contribution < -0.4 is 9.80 Å². The average molecular weight is 430 g/mol. The van der Waals surface area contributed by atoms with E-state index in [2.05, 4.69) is 37.1 Å². The summed E-state index contributed by atoms with van der Waals surface area (Å²) in [6.45, 7) is 5.96. The van der Waals surface area contributed by atoms with E-state index in [1.54, 1.807) is 18.2 Å². The second-order valence-corrected chi connectivity index (χ2v) is 8.97. The Balaban J connectivity index is 1.30. The molecule has 0 saturated carbocycles. The molecule has 2 fully saturated rings. The maximum atomic E-state index is 6.10. The molecule has 1 aromatic carbocycles. The molecule has 1 spiro atoms. The molecule has 2 saturated heterocycles. The molecule has 8 heteroatoms. The number of aromatic nitrogens is 3. The topological polar surface area (TPSA) is 58.3 Å². The number of nitrogens with zero attached hydrogens (tertiary/aromatic N) is 5. The normalized spacial score (nSPS) is 18.2. The van der Waals surface area contributed by atoms with Gasteiger partial charge in [-0.25, -0.2) is 0 Å². The van der Waals surface area contributed by atoms with E-state index in [1.165, 1.54) is 12.1 Å². The van der Waals surface area contributed by atoms with Gasteiger partial charge in [-0.1, -0.05) is 28.4 Å². The number of hydrogen-bond acceptors (Lipinski definition) is 6. The van der Waals surface area contributed by atoms with Gasteiger partial charge in [0.1, 0.15) is 0 Å². The van der Waals surface area contributed by atoms with E-state index in [9.17, 15) is 0 Å². The van der Waals surface area contributed by atoms with Gasteiger partial charge in [-0.3, -0.25) is 4.98 Å². The van der Waals surface area contributed by atoms with Gasteiger partial charge in [0.25, 0.3) is 0 Å². The first kappa shape index (κ1) is 18.7. The largest absolute Gasteiger partial charge is 0.370 e. The molecule has 0 amide bonds. The summed E-state index contributed by atoms with van der Waals surface area (Å²) in [6, 6.07) is 10.1. The lowest BCUT2D eigenvalue weighted by Crippen LogP contribution is -2.63. The van der Waals surface area contributed by atoms with Crippen LogP contribution in [0.5, 0.6) is 0 Å². The van der Waals surface area contributed by atoms with Crippen molar-refractivity contribution < 1.29 is 4.52 Å². The third kappa shape index (κ3) is 3.67. The Morgan fingerprint density at radius 2 is 1.79 bits per heavy atom. The molecule has 0 unspecified atom stereocenters. The van der Waals surface area contributed by atoms with Crippen LogP contribution in [0.2, 0.25) is 10.0 Å².